The molecule has 1 heterocycles. The number of ether oxygens (including phenoxy) is 1. The lowest BCUT2D eigenvalue weighted by Gasteiger charge is -2.25. The fourth-order valence-electron chi connectivity index (χ4n) is 3.67. The van der Waals surface area contributed by atoms with Crippen molar-refractivity contribution in [2.75, 3.05) is 25.0 Å². The first-order valence-electron chi connectivity index (χ1n) is 10.5. The van der Waals surface area contributed by atoms with E-state index in [-0.39, 0.29) is 12.1 Å². The summed E-state index contributed by atoms with van der Waals surface area (Å²) in [7, 11) is 1.85. The Morgan fingerprint density at radius 3 is 2.34 bits per heavy atom. The van der Waals surface area contributed by atoms with Gasteiger partial charge in [-0.05, 0) is 49.4 Å². The third-order valence-corrected chi connectivity index (χ3v) is 5.31. The van der Waals surface area contributed by atoms with Crippen LogP contribution >= 0.6 is 0 Å². The summed E-state index contributed by atoms with van der Waals surface area (Å²) in [5, 5.41) is 3.05. The van der Waals surface area contributed by atoms with E-state index in [1.54, 1.807) is 4.90 Å². The summed E-state index contributed by atoms with van der Waals surface area (Å²) in [6.07, 6.45) is 2.66. The third-order valence-electron chi connectivity index (χ3n) is 5.31. The molecule has 5 nitrogen and oxygen atoms in total. The summed E-state index contributed by atoms with van der Waals surface area (Å²) in [6, 6.07) is 16.4. The van der Waals surface area contributed by atoms with Gasteiger partial charge in [0.25, 0.3) is 0 Å². The number of nitrogens with zero attached hydrogens (tertiary/aromatic N) is 2. The highest BCUT2D eigenvalue weighted by molar-refractivity contribution is 5.74. The van der Waals surface area contributed by atoms with Crippen LogP contribution in [0.2, 0.25) is 0 Å². The Morgan fingerprint density at radius 2 is 1.66 bits per heavy atom. The second kappa shape index (κ2) is 10.3. The van der Waals surface area contributed by atoms with Gasteiger partial charge in [0.15, 0.2) is 0 Å². The zero-order chi connectivity index (χ0) is 20.6. The van der Waals surface area contributed by atoms with Gasteiger partial charge in [-0.2, -0.15) is 0 Å². The van der Waals surface area contributed by atoms with E-state index >= 15 is 0 Å². The van der Waals surface area contributed by atoms with Crippen molar-refractivity contribution < 1.29 is 9.53 Å². The summed E-state index contributed by atoms with van der Waals surface area (Å²) < 4.78 is 5.74. The highest BCUT2D eigenvalue weighted by Crippen LogP contribution is 2.25. The van der Waals surface area contributed by atoms with Crippen LogP contribution in [-0.2, 0) is 24.4 Å². The highest BCUT2D eigenvalue weighted by atomic mass is 16.5. The van der Waals surface area contributed by atoms with Gasteiger partial charge in [0.1, 0.15) is 0 Å². The topological polar surface area (TPSA) is 44.8 Å². The van der Waals surface area contributed by atoms with Crippen molar-refractivity contribution in [2.24, 2.45) is 0 Å². The van der Waals surface area contributed by atoms with Crippen LogP contribution in [0.5, 0.6) is 0 Å². The molecule has 1 aliphatic heterocycles. The number of amides is 2. The zero-order valence-electron chi connectivity index (χ0n) is 17.9. The van der Waals surface area contributed by atoms with E-state index in [0.29, 0.717) is 19.7 Å². The van der Waals surface area contributed by atoms with Crippen LogP contribution < -0.4 is 10.2 Å². The monoisotopic (exact) mass is 395 g/mol. The van der Waals surface area contributed by atoms with Crippen molar-refractivity contribution in [1.29, 1.82) is 0 Å². The minimum Gasteiger partial charge on any atom is -0.374 e. The van der Waals surface area contributed by atoms with Crippen molar-refractivity contribution in [2.45, 2.75) is 52.5 Å². The summed E-state index contributed by atoms with van der Waals surface area (Å²) >= 11 is 0. The van der Waals surface area contributed by atoms with Gasteiger partial charge in [-0.3, -0.25) is 0 Å². The first kappa shape index (κ1) is 21.2. The fourth-order valence-corrected chi connectivity index (χ4v) is 3.67. The van der Waals surface area contributed by atoms with Crippen LogP contribution in [0, 0.1) is 0 Å². The summed E-state index contributed by atoms with van der Waals surface area (Å²) in [5.74, 6) is 0. The number of carbonyl (C=O) groups excluding carboxylic acids is 1. The molecular formula is C24H33N3O2. The van der Waals surface area contributed by atoms with Crippen LogP contribution in [0.25, 0.3) is 0 Å². The molecule has 156 valence electrons. The van der Waals surface area contributed by atoms with E-state index in [1.807, 2.05) is 45.2 Å². The van der Waals surface area contributed by atoms with Crippen LogP contribution in [0.15, 0.2) is 48.5 Å². The largest absolute Gasteiger partial charge is 0.374 e. The van der Waals surface area contributed by atoms with Gasteiger partial charge in [0.2, 0.25) is 0 Å². The first-order valence-corrected chi connectivity index (χ1v) is 10.5. The Balaban J connectivity index is 1.58. The van der Waals surface area contributed by atoms with Crippen LogP contribution in [0.4, 0.5) is 10.5 Å². The minimum absolute atomic E-state index is 0.0687. The number of para-hydroxylation sites is 1. The predicted molar refractivity (Wildman–Crippen MR) is 118 cm³/mol. The molecule has 0 spiro atoms. The number of nitrogens with one attached hydrogen (secondary N) is 1. The minimum atomic E-state index is -0.0687. The predicted octanol–water partition coefficient (Wildman–Crippen LogP) is 4.55. The molecule has 2 aromatic rings. The normalized spacial score (nSPS) is 13.7. The Bertz CT molecular complexity index is 800. The maximum absolute atomic E-state index is 12.7. The molecule has 3 rings (SSSR count). The number of rotatable bonds is 8. The molecule has 0 unspecified atom stereocenters. The summed E-state index contributed by atoms with van der Waals surface area (Å²) in [4.78, 5) is 16.9. The Hall–Kier alpha value is -2.53. The van der Waals surface area contributed by atoms with Crippen molar-refractivity contribution in [3.63, 3.8) is 0 Å². The average Bonchev–Trinajstić information content (AvgIpc) is 3.26. The molecule has 1 saturated heterocycles. The average molecular weight is 396 g/mol. The third kappa shape index (κ3) is 5.97. The molecule has 1 fully saturated rings. The Labute approximate surface area is 174 Å². The quantitative estimate of drug-likeness (QED) is 0.713. The first-order chi connectivity index (χ1) is 14.0. The smallest absolute Gasteiger partial charge is 0.317 e. The SMILES string of the molecule is CC(C)OCc1ccccc1CNC(=O)N(C)Cc1ccccc1N1CCCC1. The second-order valence-corrected chi connectivity index (χ2v) is 7.97. The van der Waals surface area contributed by atoms with Crippen molar-refractivity contribution in [3.8, 4) is 0 Å². The Kier molecular flexibility index (Phi) is 7.53. The molecule has 1 N–H and O–H groups in total. The van der Waals surface area contributed by atoms with Gasteiger partial charge in [-0.15, -0.1) is 0 Å². The summed E-state index contributed by atoms with van der Waals surface area (Å²) in [6.45, 7) is 7.90. The van der Waals surface area contributed by atoms with E-state index in [9.17, 15) is 4.79 Å². The molecule has 29 heavy (non-hydrogen) atoms. The number of hydrogen-bond acceptors (Lipinski definition) is 3. The molecule has 0 atom stereocenters. The molecule has 5 heteroatoms. The number of hydrogen-bond donors (Lipinski definition) is 1. The van der Waals surface area contributed by atoms with E-state index in [1.165, 1.54) is 24.1 Å². The number of carbonyl (C=O) groups is 1. The molecule has 0 aromatic heterocycles. The van der Waals surface area contributed by atoms with Gasteiger partial charge in [-0.1, -0.05) is 42.5 Å². The van der Waals surface area contributed by atoms with Crippen LogP contribution in [0.3, 0.4) is 0 Å². The molecule has 0 saturated carbocycles. The second-order valence-electron chi connectivity index (χ2n) is 7.97. The van der Waals surface area contributed by atoms with Gasteiger partial charge in [-0.25, -0.2) is 4.79 Å². The Morgan fingerprint density at radius 1 is 1.03 bits per heavy atom. The maximum Gasteiger partial charge on any atom is 0.317 e. The molecular weight excluding hydrogens is 362 g/mol. The standard InChI is InChI=1S/C24H33N3O2/c1-19(2)29-18-22-12-5-4-10-20(22)16-25-24(28)26(3)17-21-11-6-7-13-23(21)27-14-8-9-15-27/h4-7,10-13,19H,8-9,14-18H2,1-3H3,(H,25,28). The van der Waals surface area contributed by atoms with Crippen molar-refractivity contribution in [1.82, 2.24) is 10.2 Å². The van der Waals surface area contributed by atoms with Crippen LogP contribution in [-0.4, -0.2) is 37.2 Å². The lowest BCUT2D eigenvalue weighted by atomic mass is 10.1. The lowest BCUT2D eigenvalue weighted by Crippen LogP contribution is -2.37. The molecule has 2 aromatic carbocycles. The van der Waals surface area contributed by atoms with E-state index in [4.69, 9.17) is 4.74 Å². The molecule has 2 amide bonds. The van der Waals surface area contributed by atoms with Gasteiger partial charge >= 0.3 is 6.03 Å². The van der Waals surface area contributed by atoms with E-state index in [2.05, 4.69) is 34.5 Å². The fraction of sp³-hybridized carbons (Fsp3) is 0.458. The van der Waals surface area contributed by atoms with Gasteiger partial charge in [0, 0.05) is 38.9 Å². The highest BCUT2D eigenvalue weighted by Gasteiger charge is 2.17. The zero-order valence-corrected chi connectivity index (χ0v) is 17.9. The van der Waals surface area contributed by atoms with Gasteiger partial charge in [0.05, 0.1) is 12.7 Å². The molecule has 0 bridgehead atoms. The van der Waals surface area contributed by atoms with Crippen molar-refractivity contribution >= 4 is 11.7 Å². The van der Waals surface area contributed by atoms with E-state index < -0.39 is 0 Å². The van der Waals surface area contributed by atoms with E-state index in [0.717, 1.165) is 24.2 Å². The molecule has 0 aliphatic carbocycles. The molecule has 0 radical (unpaired) electrons. The van der Waals surface area contributed by atoms with Gasteiger partial charge < -0.3 is 19.9 Å². The van der Waals surface area contributed by atoms with Crippen molar-refractivity contribution in [3.05, 3.63) is 65.2 Å². The number of benzene rings is 2. The maximum atomic E-state index is 12.7. The van der Waals surface area contributed by atoms with Crippen LogP contribution in [0.1, 0.15) is 43.4 Å². The molecule has 1 aliphatic rings. The number of urea groups is 1. The lowest BCUT2D eigenvalue weighted by molar-refractivity contribution is 0.0652. The number of anilines is 1. The summed E-state index contributed by atoms with van der Waals surface area (Å²) in [5.41, 5.74) is 4.65.